The number of halogens is 1. The quantitative estimate of drug-likeness (QED) is 0.780. The highest BCUT2D eigenvalue weighted by Gasteiger charge is 2.12. The van der Waals surface area contributed by atoms with E-state index < -0.39 is 10.0 Å². The van der Waals surface area contributed by atoms with Gasteiger partial charge in [-0.2, -0.15) is 0 Å². The molecule has 0 radical (unpaired) electrons. The second kappa shape index (κ2) is 3.29. The predicted molar refractivity (Wildman–Crippen MR) is 52.3 cm³/mol. The molecule has 1 aromatic carbocycles. The SMILES string of the molecule is Cc1cc(S(N)(=O)=O)c(C)cc1Cl. The normalized spacial score (nSPS) is 11.7. The molecule has 1 aromatic rings. The summed E-state index contributed by atoms with van der Waals surface area (Å²) in [5.41, 5.74) is 1.27. The minimum Gasteiger partial charge on any atom is -0.225 e. The summed E-state index contributed by atoms with van der Waals surface area (Å²) in [7, 11) is -3.63. The van der Waals surface area contributed by atoms with E-state index in [-0.39, 0.29) is 4.90 Å². The van der Waals surface area contributed by atoms with Crippen molar-refractivity contribution in [2.75, 3.05) is 0 Å². The van der Waals surface area contributed by atoms with Gasteiger partial charge in [-0.3, -0.25) is 0 Å². The first kappa shape index (κ1) is 10.5. The highest BCUT2D eigenvalue weighted by Crippen LogP contribution is 2.22. The lowest BCUT2D eigenvalue weighted by Crippen LogP contribution is -2.13. The van der Waals surface area contributed by atoms with Crippen LogP contribution >= 0.6 is 11.6 Å². The molecule has 0 unspecified atom stereocenters. The first-order valence-corrected chi connectivity index (χ1v) is 5.54. The molecule has 0 heterocycles. The monoisotopic (exact) mass is 219 g/mol. The van der Waals surface area contributed by atoms with Gasteiger partial charge in [-0.1, -0.05) is 11.6 Å². The van der Waals surface area contributed by atoms with Gasteiger partial charge in [-0.15, -0.1) is 0 Å². The van der Waals surface area contributed by atoms with E-state index >= 15 is 0 Å². The van der Waals surface area contributed by atoms with E-state index in [4.69, 9.17) is 16.7 Å². The highest BCUT2D eigenvalue weighted by atomic mass is 35.5. The molecule has 0 atom stereocenters. The van der Waals surface area contributed by atoms with Gasteiger partial charge in [0.05, 0.1) is 4.90 Å². The second-order valence-electron chi connectivity index (χ2n) is 2.91. The van der Waals surface area contributed by atoms with E-state index in [0.29, 0.717) is 16.1 Å². The van der Waals surface area contributed by atoms with Crippen LogP contribution in [0.2, 0.25) is 5.02 Å². The van der Waals surface area contributed by atoms with Crippen molar-refractivity contribution < 1.29 is 8.42 Å². The molecule has 0 spiro atoms. The number of benzene rings is 1. The minimum absolute atomic E-state index is 0.134. The fourth-order valence-electron chi connectivity index (χ4n) is 1.06. The minimum atomic E-state index is -3.63. The molecule has 2 N–H and O–H groups in total. The number of hydrogen-bond acceptors (Lipinski definition) is 2. The molecule has 1 rings (SSSR count). The van der Waals surface area contributed by atoms with Gasteiger partial charge in [0.15, 0.2) is 0 Å². The van der Waals surface area contributed by atoms with Crippen LogP contribution in [0.5, 0.6) is 0 Å². The smallest absolute Gasteiger partial charge is 0.225 e. The van der Waals surface area contributed by atoms with Gasteiger partial charge in [-0.25, -0.2) is 13.6 Å². The van der Waals surface area contributed by atoms with Crippen molar-refractivity contribution in [1.29, 1.82) is 0 Å². The van der Waals surface area contributed by atoms with E-state index in [1.165, 1.54) is 6.07 Å². The average molecular weight is 220 g/mol. The van der Waals surface area contributed by atoms with Crippen molar-refractivity contribution in [3.8, 4) is 0 Å². The van der Waals surface area contributed by atoms with Crippen molar-refractivity contribution in [2.24, 2.45) is 5.14 Å². The van der Waals surface area contributed by atoms with Crippen LogP contribution < -0.4 is 5.14 Å². The average Bonchev–Trinajstić information content (AvgIpc) is 1.94. The molecule has 3 nitrogen and oxygen atoms in total. The fraction of sp³-hybridized carbons (Fsp3) is 0.250. The molecule has 0 bridgehead atoms. The van der Waals surface area contributed by atoms with Crippen LogP contribution in [-0.2, 0) is 10.0 Å². The van der Waals surface area contributed by atoms with Gasteiger partial charge in [0.1, 0.15) is 0 Å². The number of aryl methyl sites for hydroxylation is 2. The molecule has 0 aromatic heterocycles. The molecule has 0 saturated heterocycles. The van der Waals surface area contributed by atoms with Crippen LogP contribution in [0.1, 0.15) is 11.1 Å². The Hall–Kier alpha value is -0.580. The molecule has 5 heteroatoms. The van der Waals surface area contributed by atoms with E-state index in [9.17, 15) is 8.42 Å². The van der Waals surface area contributed by atoms with E-state index in [1.807, 2.05) is 0 Å². The lowest BCUT2D eigenvalue weighted by molar-refractivity contribution is 0.597. The molecular weight excluding hydrogens is 210 g/mol. The van der Waals surface area contributed by atoms with Crippen molar-refractivity contribution in [3.05, 3.63) is 28.3 Å². The van der Waals surface area contributed by atoms with Gasteiger partial charge < -0.3 is 0 Å². The topological polar surface area (TPSA) is 60.2 Å². The maximum Gasteiger partial charge on any atom is 0.238 e. The summed E-state index contributed by atoms with van der Waals surface area (Å²) >= 11 is 5.80. The van der Waals surface area contributed by atoms with Gasteiger partial charge in [0, 0.05) is 5.02 Å². The standard InChI is InChI=1S/C8H10ClNO2S/c1-5-4-8(13(10,11)12)6(2)3-7(5)9/h3-4H,1-2H3,(H2,10,11,12). The maximum atomic E-state index is 11.1. The Morgan fingerprint density at radius 2 is 1.77 bits per heavy atom. The zero-order valence-corrected chi connectivity index (χ0v) is 8.91. The molecule has 0 saturated carbocycles. The van der Waals surface area contributed by atoms with Crippen LogP contribution in [0.25, 0.3) is 0 Å². The van der Waals surface area contributed by atoms with E-state index in [0.717, 1.165) is 0 Å². The molecule has 0 fully saturated rings. The Bertz CT molecular complexity index is 440. The number of sulfonamides is 1. The Kier molecular flexibility index (Phi) is 2.66. The molecule has 72 valence electrons. The lowest BCUT2D eigenvalue weighted by Gasteiger charge is -2.05. The Balaban J connectivity index is 3.50. The number of rotatable bonds is 1. The molecule has 0 aliphatic heterocycles. The van der Waals surface area contributed by atoms with Gasteiger partial charge in [0.25, 0.3) is 0 Å². The predicted octanol–water partition coefficient (Wildman–Crippen LogP) is 1.60. The first-order valence-electron chi connectivity index (χ1n) is 3.62. The van der Waals surface area contributed by atoms with Crippen molar-refractivity contribution >= 4 is 21.6 Å². The fourth-order valence-corrected chi connectivity index (χ4v) is 2.13. The van der Waals surface area contributed by atoms with E-state index in [1.54, 1.807) is 19.9 Å². The Labute approximate surface area is 82.6 Å². The second-order valence-corrected chi connectivity index (χ2v) is 4.85. The Morgan fingerprint density at radius 3 is 2.23 bits per heavy atom. The maximum absolute atomic E-state index is 11.1. The summed E-state index contributed by atoms with van der Waals surface area (Å²) in [6.07, 6.45) is 0. The van der Waals surface area contributed by atoms with Crippen LogP contribution in [0.4, 0.5) is 0 Å². The van der Waals surface area contributed by atoms with Crippen LogP contribution in [-0.4, -0.2) is 8.42 Å². The third kappa shape index (κ3) is 2.21. The van der Waals surface area contributed by atoms with Crippen molar-refractivity contribution in [3.63, 3.8) is 0 Å². The van der Waals surface area contributed by atoms with Crippen molar-refractivity contribution in [1.82, 2.24) is 0 Å². The van der Waals surface area contributed by atoms with Crippen LogP contribution in [0.15, 0.2) is 17.0 Å². The zero-order chi connectivity index (χ0) is 10.2. The van der Waals surface area contributed by atoms with Crippen LogP contribution in [0, 0.1) is 13.8 Å². The summed E-state index contributed by atoms with van der Waals surface area (Å²) in [5.74, 6) is 0. The molecule has 13 heavy (non-hydrogen) atoms. The number of hydrogen-bond donors (Lipinski definition) is 1. The number of primary sulfonamides is 1. The third-order valence-electron chi connectivity index (χ3n) is 1.76. The highest BCUT2D eigenvalue weighted by molar-refractivity contribution is 7.89. The van der Waals surface area contributed by atoms with Crippen LogP contribution in [0.3, 0.4) is 0 Å². The number of nitrogens with two attached hydrogens (primary N) is 1. The van der Waals surface area contributed by atoms with Gasteiger partial charge in [-0.05, 0) is 37.1 Å². The molecule has 0 amide bonds. The van der Waals surface area contributed by atoms with Gasteiger partial charge >= 0.3 is 0 Å². The van der Waals surface area contributed by atoms with Crippen molar-refractivity contribution in [2.45, 2.75) is 18.7 Å². The summed E-state index contributed by atoms with van der Waals surface area (Å²) in [6, 6.07) is 3.07. The molecule has 0 aliphatic carbocycles. The first-order chi connectivity index (χ1) is 5.82. The van der Waals surface area contributed by atoms with E-state index in [2.05, 4.69) is 0 Å². The summed E-state index contributed by atoms with van der Waals surface area (Å²) in [5, 5.41) is 5.55. The Morgan fingerprint density at radius 1 is 1.23 bits per heavy atom. The summed E-state index contributed by atoms with van der Waals surface area (Å²) < 4.78 is 22.1. The molecule has 0 aliphatic rings. The lowest BCUT2D eigenvalue weighted by atomic mass is 10.2. The van der Waals surface area contributed by atoms with Gasteiger partial charge in [0.2, 0.25) is 10.0 Å². The largest absolute Gasteiger partial charge is 0.238 e. The zero-order valence-electron chi connectivity index (χ0n) is 7.33. The summed E-state index contributed by atoms with van der Waals surface area (Å²) in [6.45, 7) is 3.39. The third-order valence-corrected chi connectivity index (χ3v) is 3.22. The summed E-state index contributed by atoms with van der Waals surface area (Å²) in [4.78, 5) is 0.134. The molecular formula is C8H10ClNO2S.